The maximum Gasteiger partial charge on any atom is 0.336 e. The highest BCUT2D eigenvalue weighted by Gasteiger charge is 2.55. The van der Waals surface area contributed by atoms with Crippen LogP contribution in [-0.2, 0) is 14.3 Å². The van der Waals surface area contributed by atoms with E-state index >= 15 is 0 Å². The van der Waals surface area contributed by atoms with Crippen LogP contribution >= 0.6 is 0 Å². The van der Waals surface area contributed by atoms with Crippen LogP contribution in [0.2, 0.25) is 0 Å². The van der Waals surface area contributed by atoms with Gasteiger partial charge in [-0.3, -0.25) is 0 Å². The Labute approximate surface area is 148 Å². The third kappa shape index (κ3) is 2.92. The lowest BCUT2D eigenvalue weighted by atomic mass is 9.46. The summed E-state index contributed by atoms with van der Waals surface area (Å²) in [6.07, 6.45) is 7.30. The summed E-state index contributed by atoms with van der Waals surface area (Å²) >= 11 is 0. The molecule has 0 amide bonds. The molecule has 25 heavy (non-hydrogen) atoms. The van der Waals surface area contributed by atoms with Crippen LogP contribution < -0.4 is 0 Å². The van der Waals surface area contributed by atoms with E-state index in [1.54, 1.807) is 0 Å². The number of aliphatic carboxylic acids is 1. The zero-order valence-corrected chi connectivity index (χ0v) is 15.2. The van der Waals surface area contributed by atoms with E-state index in [1.807, 2.05) is 6.08 Å². The average Bonchev–Trinajstić information content (AvgIpc) is 2.87. The Morgan fingerprint density at radius 1 is 1.36 bits per heavy atom. The number of aliphatic hydroxyl groups is 1. The first-order chi connectivity index (χ1) is 11.7. The molecule has 0 aromatic rings. The van der Waals surface area contributed by atoms with Gasteiger partial charge in [0.2, 0.25) is 6.29 Å². The molecule has 0 spiro atoms. The van der Waals surface area contributed by atoms with Crippen molar-refractivity contribution < 1.29 is 24.5 Å². The summed E-state index contributed by atoms with van der Waals surface area (Å²) in [7, 11) is 0. The molecular formula is C20H28O5. The van der Waals surface area contributed by atoms with Crippen molar-refractivity contribution in [2.75, 3.05) is 0 Å². The van der Waals surface area contributed by atoms with Crippen LogP contribution in [0.4, 0.5) is 0 Å². The standard InChI is InChI=1S/C20H28O5/c1-12-7-9-20(3)14(17(22)23)5-4-6-15(20)19(12,2)10-8-13-11-16(21)25-18(13)24/h5,11-12,15-16,21H,4,6-10H2,1-3H3,(H,22,23)/t12-,15-,16-,19+,20+/m1/s1. The second kappa shape index (κ2) is 6.27. The van der Waals surface area contributed by atoms with Crippen LogP contribution in [0.15, 0.2) is 23.3 Å². The molecular weight excluding hydrogens is 320 g/mol. The lowest BCUT2D eigenvalue weighted by Crippen LogP contribution is -2.51. The SMILES string of the molecule is C[C@@H]1CC[C@@]2(C)C(C(=O)O)=CCC[C@@H]2[C@@]1(C)CCC1=C[C@H](O)OC1=O. The summed E-state index contributed by atoms with van der Waals surface area (Å²) in [5, 5.41) is 19.1. The number of fused-ring (bicyclic) bond motifs is 1. The topological polar surface area (TPSA) is 83.8 Å². The Hall–Kier alpha value is -1.62. The highest BCUT2D eigenvalue weighted by atomic mass is 16.6. The van der Waals surface area contributed by atoms with Gasteiger partial charge in [-0.05, 0) is 61.9 Å². The van der Waals surface area contributed by atoms with E-state index in [-0.39, 0.29) is 16.7 Å². The number of aliphatic hydroxyl groups excluding tert-OH is 1. The van der Waals surface area contributed by atoms with Gasteiger partial charge in [-0.2, -0.15) is 0 Å². The van der Waals surface area contributed by atoms with Crippen LogP contribution in [0, 0.1) is 22.7 Å². The summed E-state index contributed by atoms with van der Waals surface area (Å²) in [6.45, 7) is 6.60. The molecule has 1 saturated carbocycles. The van der Waals surface area contributed by atoms with Crippen molar-refractivity contribution in [3.8, 4) is 0 Å². The van der Waals surface area contributed by atoms with Crippen molar-refractivity contribution in [2.45, 2.75) is 65.6 Å². The minimum Gasteiger partial charge on any atom is -0.478 e. The predicted octanol–water partition coefficient (Wildman–Crippen LogP) is 3.43. The van der Waals surface area contributed by atoms with Crippen molar-refractivity contribution in [3.05, 3.63) is 23.3 Å². The highest BCUT2D eigenvalue weighted by Crippen LogP contribution is 2.62. The minimum absolute atomic E-state index is 0.0450. The van der Waals surface area contributed by atoms with Crippen molar-refractivity contribution >= 4 is 11.9 Å². The smallest absolute Gasteiger partial charge is 0.336 e. The Balaban J connectivity index is 1.86. The van der Waals surface area contributed by atoms with Crippen LogP contribution in [0.25, 0.3) is 0 Å². The summed E-state index contributed by atoms with van der Waals surface area (Å²) in [4.78, 5) is 23.6. The lowest BCUT2D eigenvalue weighted by molar-refractivity contribution is -0.151. The number of esters is 1. The number of carboxylic acid groups (broad SMARTS) is 1. The van der Waals surface area contributed by atoms with E-state index in [9.17, 15) is 19.8 Å². The van der Waals surface area contributed by atoms with E-state index in [2.05, 4.69) is 20.8 Å². The molecule has 0 unspecified atom stereocenters. The van der Waals surface area contributed by atoms with E-state index in [0.717, 1.165) is 32.1 Å². The summed E-state index contributed by atoms with van der Waals surface area (Å²) in [5.41, 5.74) is 0.751. The molecule has 5 nitrogen and oxygen atoms in total. The molecule has 0 radical (unpaired) electrons. The van der Waals surface area contributed by atoms with Gasteiger partial charge in [0.05, 0.1) is 0 Å². The number of hydrogen-bond donors (Lipinski definition) is 2. The molecule has 5 atom stereocenters. The molecule has 5 heteroatoms. The van der Waals surface area contributed by atoms with Crippen molar-refractivity contribution in [2.24, 2.45) is 22.7 Å². The van der Waals surface area contributed by atoms with Crippen molar-refractivity contribution in [3.63, 3.8) is 0 Å². The zero-order valence-electron chi connectivity index (χ0n) is 15.2. The largest absolute Gasteiger partial charge is 0.478 e. The minimum atomic E-state index is -1.12. The van der Waals surface area contributed by atoms with Crippen LogP contribution in [0.3, 0.4) is 0 Å². The molecule has 138 valence electrons. The number of hydrogen-bond acceptors (Lipinski definition) is 4. The molecule has 0 aromatic carbocycles. The third-order valence-corrected chi connectivity index (χ3v) is 7.20. The van der Waals surface area contributed by atoms with E-state index < -0.39 is 18.2 Å². The fraction of sp³-hybridized carbons (Fsp3) is 0.700. The second-order valence-corrected chi connectivity index (χ2v) is 8.40. The van der Waals surface area contributed by atoms with Gasteiger partial charge in [0.1, 0.15) is 0 Å². The van der Waals surface area contributed by atoms with E-state index in [1.165, 1.54) is 6.08 Å². The quantitative estimate of drug-likeness (QED) is 0.761. The molecule has 2 aliphatic carbocycles. The van der Waals surface area contributed by atoms with Crippen LogP contribution in [0.1, 0.15) is 59.3 Å². The van der Waals surface area contributed by atoms with Gasteiger partial charge in [0.15, 0.2) is 0 Å². The number of cyclic esters (lactones) is 1. The molecule has 0 saturated heterocycles. The average molecular weight is 348 g/mol. The Bertz CT molecular complexity index is 648. The highest BCUT2D eigenvalue weighted by molar-refractivity contribution is 5.90. The molecule has 1 heterocycles. The number of ether oxygens (including phenoxy) is 1. The zero-order chi connectivity index (χ0) is 18.4. The molecule has 2 N–H and O–H groups in total. The monoisotopic (exact) mass is 348 g/mol. The number of carboxylic acids is 1. The van der Waals surface area contributed by atoms with Gasteiger partial charge in [-0.1, -0.05) is 26.8 Å². The maximum absolute atomic E-state index is 11.8. The van der Waals surface area contributed by atoms with Gasteiger partial charge in [0.25, 0.3) is 0 Å². The van der Waals surface area contributed by atoms with Crippen LogP contribution in [0.5, 0.6) is 0 Å². The molecule has 1 fully saturated rings. The van der Waals surface area contributed by atoms with Gasteiger partial charge in [-0.25, -0.2) is 9.59 Å². The second-order valence-electron chi connectivity index (χ2n) is 8.40. The first-order valence-electron chi connectivity index (χ1n) is 9.22. The number of carbonyl (C=O) groups excluding carboxylic acids is 1. The molecule has 0 bridgehead atoms. The predicted molar refractivity (Wildman–Crippen MR) is 92.5 cm³/mol. The van der Waals surface area contributed by atoms with Gasteiger partial charge in [-0.15, -0.1) is 0 Å². The number of allylic oxidation sites excluding steroid dienone is 1. The van der Waals surface area contributed by atoms with Gasteiger partial charge in [0, 0.05) is 16.6 Å². The summed E-state index contributed by atoms with van der Waals surface area (Å²) in [6, 6.07) is 0. The Morgan fingerprint density at radius 2 is 2.08 bits per heavy atom. The fourth-order valence-corrected chi connectivity index (χ4v) is 5.49. The summed E-state index contributed by atoms with van der Waals surface area (Å²) < 4.78 is 4.79. The van der Waals surface area contributed by atoms with Gasteiger partial charge >= 0.3 is 11.9 Å². The van der Waals surface area contributed by atoms with E-state index in [4.69, 9.17) is 4.74 Å². The fourth-order valence-electron chi connectivity index (χ4n) is 5.49. The van der Waals surface area contributed by atoms with Crippen molar-refractivity contribution in [1.29, 1.82) is 0 Å². The first-order valence-corrected chi connectivity index (χ1v) is 9.22. The normalized spacial score (nSPS) is 40.8. The molecule has 0 aromatic heterocycles. The maximum atomic E-state index is 11.8. The third-order valence-electron chi connectivity index (χ3n) is 7.20. The van der Waals surface area contributed by atoms with Gasteiger partial charge < -0.3 is 14.9 Å². The first kappa shape index (κ1) is 18.2. The summed E-state index contributed by atoms with van der Waals surface area (Å²) in [5.74, 6) is -0.490. The Kier molecular flexibility index (Phi) is 4.56. The molecule has 3 rings (SSSR count). The molecule has 3 aliphatic rings. The lowest BCUT2D eigenvalue weighted by Gasteiger charge is -2.57. The number of carbonyl (C=O) groups is 2. The van der Waals surface area contributed by atoms with E-state index in [0.29, 0.717) is 23.5 Å². The number of rotatable bonds is 4. The van der Waals surface area contributed by atoms with Crippen molar-refractivity contribution in [1.82, 2.24) is 0 Å². The van der Waals surface area contributed by atoms with Crippen LogP contribution in [-0.4, -0.2) is 28.4 Å². The molecule has 1 aliphatic heterocycles. The Morgan fingerprint density at radius 3 is 2.68 bits per heavy atom.